The van der Waals surface area contributed by atoms with E-state index in [1.807, 2.05) is 0 Å². The second kappa shape index (κ2) is 5.55. The molecule has 0 saturated heterocycles. The Morgan fingerprint density at radius 1 is 1.50 bits per heavy atom. The Kier molecular flexibility index (Phi) is 5.04. The first-order valence-electron chi connectivity index (χ1n) is 3.89. The third-order valence-electron chi connectivity index (χ3n) is 1.40. The number of rotatable bonds is 5. The molecule has 1 atom stereocenters. The van der Waals surface area contributed by atoms with E-state index in [2.05, 4.69) is 13.2 Å². The fourth-order valence-corrected chi connectivity index (χ4v) is 0.854. The van der Waals surface area contributed by atoms with Crippen LogP contribution in [0.2, 0.25) is 0 Å². The number of hydrogen-bond acceptors (Lipinski definition) is 2. The minimum Gasteiger partial charge on any atom is -0.334 e. The SMILES string of the molecule is C=CCN(CC=C)C(=O)[C@@H](C)N. The van der Waals surface area contributed by atoms with Gasteiger partial charge in [-0.1, -0.05) is 12.2 Å². The maximum Gasteiger partial charge on any atom is 0.239 e. The van der Waals surface area contributed by atoms with Crippen molar-refractivity contribution >= 4 is 5.91 Å². The Hall–Kier alpha value is -1.09. The molecule has 0 radical (unpaired) electrons. The molecule has 2 N–H and O–H groups in total. The molecule has 0 heterocycles. The molecular weight excluding hydrogens is 152 g/mol. The fraction of sp³-hybridized carbons (Fsp3) is 0.444. The predicted octanol–water partition coefficient (Wildman–Crippen LogP) is 0.534. The molecule has 3 heteroatoms. The van der Waals surface area contributed by atoms with Crippen molar-refractivity contribution in [1.29, 1.82) is 0 Å². The molecular formula is C9H16N2O. The molecule has 0 saturated carbocycles. The lowest BCUT2D eigenvalue weighted by atomic mass is 10.3. The molecule has 68 valence electrons. The largest absolute Gasteiger partial charge is 0.334 e. The molecule has 1 amide bonds. The molecule has 0 spiro atoms. The Morgan fingerprint density at radius 2 is 1.92 bits per heavy atom. The summed E-state index contributed by atoms with van der Waals surface area (Å²) in [5.74, 6) is -0.0743. The quantitative estimate of drug-likeness (QED) is 0.609. The van der Waals surface area contributed by atoms with Gasteiger partial charge in [-0.25, -0.2) is 0 Å². The maximum absolute atomic E-state index is 11.3. The van der Waals surface area contributed by atoms with Gasteiger partial charge in [-0.2, -0.15) is 0 Å². The number of nitrogens with two attached hydrogens (primary N) is 1. The van der Waals surface area contributed by atoms with Crippen molar-refractivity contribution in [3.05, 3.63) is 25.3 Å². The highest BCUT2D eigenvalue weighted by Crippen LogP contribution is 1.93. The van der Waals surface area contributed by atoms with Crippen LogP contribution < -0.4 is 5.73 Å². The van der Waals surface area contributed by atoms with Crippen molar-refractivity contribution in [1.82, 2.24) is 4.90 Å². The topological polar surface area (TPSA) is 46.3 Å². The van der Waals surface area contributed by atoms with Crippen LogP contribution in [0.15, 0.2) is 25.3 Å². The summed E-state index contributed by atoms with van der Waals surface area (Å²) in [5.41, 5.74) is 5.44. The van der Waals surface area contributed by atoms with E-state index < -0.39 is 6.04 Å². The molecule has 0 aromatic rings. The van der Waals surface area contributed by atoms with E-state index in [-0.39, 0.29) is 5.91 Å². The summed E-state index contributed by atoms with van der Waals surface area (Å²) in [6.07, 6.45) is 3.34. The summed E-state index contributed by atoms with van der Waals surface area (Å²) >= 11 is 0. The zero-order chi connectivity index (χ0) is 9.56. The zero-order valence-corrected chi connectivity index (χ0v) is 7.49. The molecule has 0 bridgehead atoms. The molecule has 0 aromatic heterocycles. The molecule has 0 aliphatic rings. The monoisotopic (exact) mass is 168 g/mol. The smallest absolute Gasteiger partial charge is 0.239 e. The van der Waals surface area contributed by atoms with Gasteiger partial charge in [0.05, 0.1) is 6.04 Å². The highest BCUT2D eigenvalue weighted by molar-refractivity contribution is 5.81. The number of carbonyl (C=O) groups excluding carboxylic acids is 1. The van der Waals surface area contributed by atoms with Crippen LogP contribution in [0, 0.1) is 0 Å². The standard InChI is InChI=1S/C9H16N2O/c1-4-6-11(7-5-2)9(12)8(3)10/h4-5,8H,1-2,6-7,10H2,3H3/t8-/m1/s1. The van der Waals surface area contributed by atoms with Crippen molar-refractivity contribution in [2.45, 2.75) is 13.0 Å². The summed E-state index contributed by atoms with van der Waals surface area (Å²) < 4.78 is 0. The van der Waals surface area contributed by atoms with Crippen LogP contribution in [0.25, 0.3) is 0 Å². The molecule has 0 aliphatic heterocycles. The molecule has 0 unspecified atom stereocenters. The number of carbonyl (C=O) groups is 1. The molecule has 0 aromatic carbocycles. The highest BCUT2D eigenvalue weighted by Gasteiger charge is 2.13. The molecule has 3 nitrogen and oxygen atoms in total. The van der Waals surface area contributed by atoms with Crippen molar-refractivity contribution in [3.8, 4) is 0 Å². The van der Waals surface area contributed by atoms with E-state index in [4.69, 9.17) is 5.73 Å². The van der Waals surface area contributed by atoms with Crippen LogP contribution >= 0.6 is 0 Å². The molecule has 0 rings (SSSR count). The van der Waals surface area contributed by atoms with E-state index in [1.54, 1.807) is 24.0 Å². The van der Waals surface area contributed by atoms with Crippen LogP contribution in [-0.4, -0.2) is 29.9 Å². The minimum absolute atomic E-state index is 0.0743. The van der Waals surface area contributed by atoms with Gasteiger partial charge in [-0.05, 0) is 6.92 Å². The van der Waals surface area contributed by atoms with Gasteiger partial charge < -0.3 is 10.6 Å². The maximum atomic E-state index is 11.3. The number of amides is 1. The Balaban J connectivity index is 4.17. The van der Waals surface area contributed by atoms with E-state index in [1.165, 1.54) is 0 Å². The third kappa shape index (κ3) is 3.34. The fourth-order valence-electron chi connectivity index (χ4n) is 0.854. The van der Waals surface area contributed by atoms with E-state index in [9.17, 15) is 4.79 Å². The average molecular weight is 168 g/mol. The normalized spacial score (nSPS) is 11.8. The molecule has 0 fully saturated rings. The Labute approximate surface area is 73.5 Å². The van der Waals surface area contributed by atoms with Crippen molar-refractivity contribution in [3.63, 3.8) is 0 Å². The minimum atomic E-state index is -0.454. The second-order valence-electron chi connectivity index (χ2n) is 2.61. The summed E-state index contributed by atoms with van der Waals surface area (Å²) in [6.45, 7) is 9.82. The van der Waals surface area contributed by atoms with E-state index >= 15 is 0 Å². The average Bonchev–Trinajstić information content (AvgIpc) is 2.03. The summed E-state index contributed by atoms with van der Waals surface area (Å²) in [5, 5.41) is 0. The summed E-state index contributed by atoms with van der Waals surface area (Å²) in [7, 11) is 0. The Bertz CT molecular complexity index is 165. The van der Waals surface area contributed by atoms with Gasteiger partial charge in [0.2, 0.25) is 5.91 Å². The van der Waals surface area contributed by atoms with E-state index in [0.717, 1.165) is 0 Å². The predicted molar refractivity (Wildman–Crippen MR) is 50.6 cm³/mol. The van der Waals surface area contributed by atoms with Crippen LogP contribution in [0.4, 0.5) is 0 Å². The highest BCUT2D eigenvalue weighted by atomic mass is 16.2. The first kappa shape index (κ1) is 10.9. The summed E-state index contributed by atoms with van der Waals surface area (Å²) in [4.78, 5) is 12.9. The van der Waals surface area contributed by atoms with Crippen molar-refractivity contribution in [2.75, 3.05) is 13.1 Å². The third-order valence-corrected chi connectivity index (χ3v) is 1.40. The lowest BCUT2D eigenvalue weighted by Crippen LogP contribution is -2.42. The van der Waals surface area contributed by atoms with Crippen LogP contribution in [0.1, 0.15) is 6.92 Å². The summed E-state index contributed by atoms with van der Waals surface area (Å²) in [6, 6.07) is -0.454. The van der Waals surface area contributed by atoms with Gasteiger partial charge in [0.25, 0.3) is 0 Å². The van der Waals surface area contributed by atoms with Gasteiger partial charge in [-0.15, -0.1) is 13.2 Å². The molecule has 0 aliphatic carbocycles. The second-order valence-corrected chi connectivity index (χ2v) is 2.61. The number of hydrogen-bond donors (Lipinski definition) is 1. The lowest BCUT2D eigenvalue weighted by molar-refractivity contribution is -0.131. The van der Waals surface area contributed by atoms with Crippen molar-refractivity contribution < 1.29 is 4.79 Å². The van der Waals surface area contributed by atoms with E-state index in [0.29, 0.717) is 13.1 Å². The van der Waals surface area contributed by atoms with Gasteiger partial charge in [0, 0.05) is 13.1 Å². The van der Waals surface area contributed by atoms with Crippen LogP contribution in [0.5, 0.6) is 0 Å². The lowest BCUT2D eigenvalue weighted by Gasteiger charge is -2.20. The van der Waals surface area contributed by atoms with Crippen molar-refractivity contribution in [2.24, 2.45) is 5.73 Å². The van der Waals surface area contributed by atoms with Crippen LogP contribution in [0.3, 0.4) is 0 Å². The van der Waals surface area contributed by atoms with Crippen LogP contribution in [-0.2, 0) is 4.79 Å². The first-order chi connectivity index (χ1) is 5.63. The first-order valence-corrected chi connectivity index (χ1v) is 3.89. The Morgan fingerprint density at radius 3 is 2.17 bits per heavy atom. The van der Waals surface area contributed by atoms with Gasteiger partial charge >= 0.3 is 0 Å². The van der Waals surface area contributed by atoms with Gasteiger partial charge in [0.1, 0.15) is 0 Å². The number of nitrogens with zero attached hydrogens (tertiary/aromatic N) is 1. The van der Waals surface area contributed by atoms with Gasteiger partial charge in [-0.3, -0.25) is 4.79 Å². The van der Waals surface area contributed by atoms with Gasteiger partial charge in [0.15, 0.2) is 0 Å². The zero-order valence-electron chi connectivity index (χ0n) is 7.49. The molecule has 12 heavy (non-hydrogen) atoms.